The van der Waals surface area contributed by atoms with E-state index in [2.05, 4.69) is 46.6 Å². The molecule has 0 unspecified atom stereocenters. The summed E-state index contributed by atoms with van der Waals surface area (Å²) in [5.41, 5.74) is 4.18. The van der Waals surface area contributed by atoms with E-state index in [0.717, 1.165) is 42.6 Å². The van der Waals surface area contributed by atoms with E-state index < -0.39 is 10.0 Å². The number of sulfonamides is 1. The normalized spacial score (nSPS) is 11.9. The van der Waals surface area contributed by atoms with E-state index in [0.29, 0.717) is 5.69 Å². The number of anilines is 1. The minimum Gasteiger partial charge on any atom is -0.497 e. The Balaban J connectivity index is 1.88. The van der Waals surface area contributed by atoms with Crippen LogP contribution in [0.25, 0.3) is 10.9 Å². The Bertz CT molecular complexity index is 1070. The van der Waals surface area contributed by atoms with Crippen LogP contribution in [0.3, 0.4) is 0 Å². The lowest BCUT2D eigenvalue weighted by Gasteiger charge is -2.09. The number of hydrogen-bond acceptors (Lipinski definition) is 4. The number of aryl methyl sites for hydroxylation is 2. The lowest BCUT2D eigenvalue weighted by atomic mass is 10.1. The van der Waals surface area contributed by atoms with Gasteiger partial charge in [0, 0.05) is 35.9 Å². The zero-order valence-corrected chi connectivity index (χ0v) is 18.3. The van der Waals surface area contributed by atoms with Crippen molar-refractivity contribution in [1.82, 2.24) is 9.47 Å². The lowest BCUT2D eigenvalue weighted by Crippen LogP contribution is -2.15. The Morgan fingerprint density at radius 2 is 1.79 bits per heavy atom. The number of fused-ring (bicyclic) bond motifs is 1. The van der Waals surface area contributed by atoms with E-state index in [-0.39, 0.29) is 0 Å². The summed E-state index contributed by atoms with van der Waals surface area (Å²) >= 11 is 0. The fourth-order valence-electron chi connectivity index (χ4n) is 3.42. The number of aromatic nitrogens is 1. The third kappa shape index (κ3) is 5.74. The standard InChI is InChI=1S/C22H29N3O3S/c1-24(2)13-12-18-16-25(14-11-17-5-8-20(28-3)9-6-17)22-10-7-19(15-21(18)22)23-29(4,26)27/h5-10,15-16,23H,11-14H2,1-4H3. The van der Waals surface area contributed by atoms with E-state index in [1.54, 1.807) is 7.11 Å². The first-order valence-electron chi connectivity index (χ1n) is 9.62. The van der Waals surface area contributed by atoms with E-state index in [4.69, 9.17) is 4.74 Å². The van der Waals surface area contributed by atoms with Crippen molar-refractivity contribution in [1.29, 1.82) is 0 Å². The second-order valence-electron chi connectivity index (χ2n) is 7.61. The monoisotopic (exact) mass is 415 g/mol. The smallest absolute Gasteiger partial charge is 0.229 e. The number of hydrogen-bond donors (Lipinski definition) is 1. The summed E-state index contributed by atoms with van der Waals surface area (Å²) in [6.07, 6.45) is 5.18. The highest BCUT2D eigenvalue weighted by Gasteiger charge is 2.11. The van der Waals surface area contributed by atoms with Crippen molar-refractivity contribution in [2.45, 2.75) is 19.4 Å². The molecule has 0 atom stereocenters. The molecule has 29 heavy (non-hydrogen) atoms. The molecule has 0 aliphatic rings. The van der Waals surface area contributed by atoms with Crippen molar-refractivity contribution in [3.8, 4) is 5.75 Å². The molecule has 2 aromatic carbocycles. The highest BCUT2D eigenvalue weighted by Crippen LogP contribution is 2.26. The molecule has 0 amide bonds. The third-order valence-corrected chi connectivity index (χ3v) is 5.50. The molecule has 0 fully saturated rings. The van der Waals surface area contributed by atoms with Gasteiger partial charge in [0.15, 0.2) is 0 Å². The van der Waals surface area contributed by atoms with E-state index in [9.17, 15) is 8.42 Å². The molecule has 0 aliphatic carbocycles. The van der Waals surface area contributed by atoms with Gasteiger partial charge in [0.2, 0.25) is 10.0 Å². The van der Waals surface area contributed by atoms with Crippen molar-refractivity contribution in [2.24, 2.45) is 0 Å². The van der Waals surface area contributed by atoms with Gasteiger partial charge < -0.3 is 14.2 Å². The number of nitrogens with zero attached hydrogens (tertiary/aromatic N) is 2. The molecule has 0 bridgehead atoms. The zero-order chi connectivity index (χ0) is 21.0. The van der Waals surface area contributed by atoms with Crippen LogP contribution in [0.4, 0.5) is 5.69 Å². The molecular formula is C22H29N3O3S. The summed E-state index contributed by atoms with van der Waals surface area (Å²) in [5.74, 6) is 0.858. The maximum atomic E-state index is 11.6. The number of nitrogens with one attached hydrogen (secondary N) is 1. The van der Waals surface area contributed by atoms with Crippen LogP contribution in [-0.4, -0.2) is 51.9 Å². The average molecular weight is 416 g/mol. The van der Waals surface area contributed by atoms with Crippen LogP contribution in [0.15, 0.2) is 48.7 Å². The lowest BCUT2D eigenvalue weighted by molar-refractivity contribution is 0.414. The summed E-state index contributed by atoms with van der Waals surface area (Å²) < 4.78 is 33.3. The highest BCUT2D eigenvalue weighted by molar-refractivity contribution is 7.92. The van der Waals surface area contributed by atoms with Gasteiger partial charge in [-0.3, -0.25) is 4.72 Å². The molecule has 7 heteroatoms. The summed E-state index contributed by atoms with van der Waals surface area (Å²) in [6, 6.07) is 13.9. The van der Waals surface area contributed by atoms with Crippen molar-refractivity contribution < 1.29 is 13.2 Å². The van der Waals surface area contributed by atoms with Crippen LogP contribution >= 0.6 is 0 Å². The molecule has 1 heterocycles. The van der Waals surface area contributed by atoms with Crippen LogP contribution in [0, 0.1) is 0 Å². The maximum Gasteiger partial charge on any atom is 0.229 e. The number of benzene rings is 2. The van der Waals surface area contributed by atoms with E-state index in [1.807, 2.05) is 30.3 Å². The van der Waals surface area contributed by atoms with Gasteiger partial charge in [0.25, 0.3) is 0 Å². The molecule has 0 saturated heterocycles. The molecule has 6 nitrogen and oxygen atoms in total. The first kappa shape index (κ1) is 21.2. The fourth-order valence-corrected chi connectivity index (χ4v) is 3.97. The van der Waals surface area contributed by atoms with Gasteiger partial charge in [-0.15, -0.1) is 0 Å². The third-order valence-electron chi connectivity index (χ3n) is 4.90. The van der Waals surface area contributed by atoms with Gasteiger partial charge in [-0.2, -0.15) is 0 Å². The number of methoxy groups -OCH3 is 1. The van der Waals surface area contributed by atoms with E-state index in [1.165, 1.54) is 17.4 Å². The molecular weight excluding hydrogens is 386 g/mol. The maximum absolute atomic E-state index is 11.6. The summed E-state index contributed by atoms with van der Waals surface area (Å²) in [6.45, 7) is 1.78. The summed E-state index contributed by atoms with van der Waals surface area (Å²) in [5, 5.41) is 1.09. The highest BCUT2D eigenvalue weighted by atomic mass is 32.2. The largest absolute Gasteiger partial charge is 0.497 e. The van der Waals surface area contributed by atoms with Crippen LogP contribution in [0.1, 0.15) is 11.1 Å². The second-order valence-corrected chi connectivity index (χ2v) is 9.35. The molecule has 0 saturated carbocycles. The quantitative estimate of drug-likeness (QED) is 0.582. The molecule has 3 aromatic rings. The Morgan fingerprint density at radius 1 is 1.07 bits per heavy atom. The van der Waals surface area contributed by atoms with Crippen molar-refractivity contribution >= 4 is 26.6 Å². The SMILES string of the molecule is COc1ccc(CCn2cc(CCN(C)C)c3cc(NS(C)(=O)=O)ccc32)cc1. The Kier molecular flexibility index (Phi) is 6.49. The van der Waals surface area contributed by atoms with Gasteiger partial charge in [-0.1, -0.05) is 12.1 Å². The zero-order valence-electron chi connectivity index (χ0n) is 17.5. The predicted molar refractivity (Wildman–Crippen MR) is 119 cm³/mol. The van der Waals surface area contributed by atoms with E-state index >= 15 is 0 Å². The van der Waals surface area contributed by atoms with Gasteiger partial charge in [-0.05, 0) is 68.4 Å². The summed E-state index contributed by atoms with van der Waals surface area (Å²) in [4.78, 5) is 2.15. The second kappa shape index (κ2) is 8.88. The first-order valence-corrected chi connectivity index (χ1v) is 11.5. The minimum absolute atomic E-state index is 0.596. The van der Waals surface area contributed by atoms with Crippen LogP contribution in [0.2, 0.25) is 0 Å². The number of rotatable bonds is 9. The van der Waals surface area contributed by atoms with Gasteiger partial charge in [-0.25, -0.2) is 8.42 Å². The van der Waals surface area contributed by atoms with Crippen LogP contribution in [0.5, 0.6) is 5.75 Å². The van der Waals surface area contributed by atoms with Crippen molar-refractivity contribution in [2.75, 3.05) is 38.7 Å². The summed E-state index contributed by atoms with van der Waals surface area (Å²) in [7, 11) is 2.47. The predicted octanol–water partition coefficient (Wildman–Crippen LogP) is 3.37. The van der Waals surface area contributed by atoms with Crippen molar-refractivity contribution in [3.63, 3.8) is 0 Å². The van der Waals surface area contributed by atoms with Crippen molar-refractivity contribution in [3.05, 3.63) is 59.8 Å². The van der Waals surface area contributed by atoms with Gasteiger partial charge >= 0.3 is 0 Å². The minimum atomic E-state index is -3.30. The Hall–Kier alpha value is -2.51. The molecule has 0 aliphatic heterocycles. The molecule has 1 aromatic heterocycles. The topological polar surface area (TPSA) is 63.6 Å². The Morgan fingerprint density at radius 3 is 2.41 bits per heavy atom. The average Bonchev–Trinajstić information content (AvgIpc) is 3.01. The molecule has 3 rings (SSSR count). The number of ether oxygens (including phenoxy) is 1. The molecule has 0 radical (unpaired) electrons. The molecule has 1 N–H and O–H groups in total. The number of likely N-dealkylation sites (N-methyl/N-ethyl adjacent to an activating group) is 1. The van der Waals surface area contributed by atoms with Crippen LogP contribution < -0.4 is 9.46 Å². The Labute approximate surface area is 173 Å². The fraction of sp³-hybridized carbons (Fsp3) is 0.364. The molecule has 0 spiro atoms. The first-order chi connectivity index (χ1) is 13.7. The van der Waals surface area contributed by atoms with Gasteiger partial charge in [0.1, 0.15) is 5.75 Å². The van der Waals surface area contributed by atoms with Crippen LogP contribution in [-0.2, 0) is 29.4 Å². The molecule has 156 valence electrons. The van der Waals surface area contributed by atoms with Gasteiger partial charge in [0.05, 0.1) is 13.4 Å².